The number of piperidine rings is 1. The first-order chi connectivity index (χ1) is 12.0. The molecule has 0 unspecified atom stereocenters. The molecule has 1 aromatic heterocycles. The number of ether oxygens (including phenoxy) is 1. The lowest BCUT2D eigenvalue weighted by Crippen LogP contribution is -2.64. The topological polar surface area (TPSA) is 49.9 Å². The van der Waals surface area contributed by atoms with Crippen LogP contribution in [0.3, 0.4) is 0 Å². The SMILES string of the molecule is C=CC(=O)N1CC(C)(C(=O)N2CCC3(CC2)OCCc2ccsc23)C1. The molecule has 0 saturated carbocycles. The molecule has 134 valence electrons. The fourth-order valence-electron chi connectivity index (χ4n) is 4.39. The van der Waals surface area contributed by atoms with Crippen molar-refractivity contribution in [2.45, 2.75) is 31.8 Å². The number of carbonyl (C=O) groups excluding carboxylic acids is 2. The van der Waals surface area contributed by atoms with Crippen molar-refractivity contribution in [3.8, 4) is 0 Å². The molecule has 5 nitrogen and oxygen atoms in total. The van der Waals surface area contributed by atoms with E-state index in [9.17, 15) is 9.59 Å². The zero-order valence-corrected chi connectivity index (χ0v) is 15.4. The number of thiophene rings is 1. The van der Waals surface area contributed by atoms with E-state index in [1.54, 1.807) is 16.2 Å². The predicted molar refractivity (Wildman–Crippen MR) is 96.4 cm³/mol. The summed E-state index contributed by atoms with van der Waals surface area (Å²) in [4.78, 5) is 29.6. The maximum atomic E-state index is 12.9. The lowest BCUT2D eigenvalue weighted by atomic mass is 9.78. The van der Waals surface area contributed by atoms with Gasteiger partial charge in [-0.3, -0.25) is 9.59 Å². The predicted octanol–water partition coefficient (Wildman–Crippen LogP) is 2.17. The molecule has 0 atom stereocenters. The van der Waals surface area contributed by atoms with Gasteiger partial charge in [0.05, 0.1) is 12.0 Å². The van der Waals surface area contributed by atoms with E-state index in [0.717, 1.165) is 39.0 Å². The molecule has 25 heavy (non-hydrogen) atoms. The summed E-state index contributed by atoms with van der Waals surface area (Å²) in [6, 6.07) is 2.21. The molecule has 3 aliphatic heterocycles. The van der Waals surface area contributed by atoms with Crippen LogP contribution < -0.4 is 0 Å². The summed E-state index contributed by atoms with van der Waals surface area (Å²) in [6.07, 6.45) is 4.03. The summed E-state index contributed by atoms with van der Waals surface area (Å²) in [5.74, 6) is 0.0707. The van der Waals surface area contributed by atoms with Crippen LogP contribution in [0.25, 0.3) is 0 Å². The third-order valence-electron chi connectivity index (χ3n) is 5.85. The van der Waals surface area contributed by atoms with Gasteiger partial charge >= 0.3 is 0 Å². The van der Waals surface area contributed by atoms with Crippen molar-refractivity contribution in [1.29, 1.82) is 0 Å². The van der Waals surface area contributed by atoms with Crippen molar-refractivity contribution in [3.05, 3.63) is 34.5 Å². The Morgan fingerprint density at radius 3 is 2.68 bits per heavy atom. The lowest BCUT2D eigenvalue weighted by Gasteiger charge is -2.50. The van der Waals surface area contributed by atoms with Gasteiger partial charge in [0.1, 0.15) is 5.60 Å². The van der Waals surface area contributed by atoms with Gasteiger partial charge in [-0.2, -0.15) is 0 Å². The third kappa shape index (κ3) is 2.62. The van der Waals surface area contributed by atoms with E-state index >= 15 is 0 Å². The second kappa shape index (κ2) is 5.95. The number of hydrogen-bond donors (Lipinski definition) is 0. The summed E-state index contributed by atoms with van der Waals surface area (Å²) in [5, 5.41) is 2.15. The second-order valence-electron chi connectivity index (χ2n) is 7.62. The first-order valence-corrected chi connectivity index (χ1v) is 9.77. The van der Waals surface area contributed by atoms with Crippen LogP contribution in [0.2, 0.25) is 0 Å². The highest BCUT2D eigenvalue weighted by molar-refractivity contribution is 7.10. The molecule has 1 spiro atoms. The van der Waals surface area contributed by atoms with E-state index in [2.05, 4.69) is 18.0 Å². The fourth-order valence-corrected chi connectivity index (χ4v) is 5.56. The van der Waals surface area contributed by atoms with Crippen LogP contribution in [0, 0.1) is 5.41 Å². The molecule has 0 N–H and O–H groups in total. The summed E-state index contributed by atoms with van der Waals surface area (Å²) in [5.41, 5.74) is 0.773. The Labute approximate surface area is 152 Å². The van der Waals surface area contributed by atoms with Gasteiger partial charge in [0.25, 0.3) is 0 Å². The van der Waals surface area contributed by atoms with Crippen LogP contribution in [0.15, 0.2) is 24.1 Å². The Kier molecular flexibility index (Phi) is 4.00. The average molecular weight is 360 g/mol. The van der Waals surface area contributed by atoms with Crippen LogP contribution in [0.1, 0.15) is 30.2 Å². The summed E-state index contributed by atoms with van der Waals surface area (Å²) >= 11 is 1.79. The molecule has 3 aliphatic rings. The molecule has 0 aliphatic carbocycles. The van der Waals surface area contributed by atoms with Gasteiger partial charge in [0.15, 0.2) is 0 Å². The second-order valence-corrected chi connectivity index (χ2v) is 8.54. The van der Waals surface area contributed by atoms with E-state index in [1.165, 1.54) is 16.5 Å². The smallest absolute Gasteiger partial charge is 0.246 e. The highest BCUT2D eigenvalue weighted by atomic mass is 32.1. The monoisotopic (exact) mass is 360 g/mol. The minimum absolute atomic E-state index is 0.0938. The molecular weight excluding hydrogens is 336 g/mol. The zero-order chi connectivity index (χ0) is 17.7. The molecule has 1 aromatic rings. The van der Waals surface area contributed by atoms with Crippen LogP contribution in [-0.2, 0) is 26.3 Å². The number of carbonyl (C=O) groups is 2. The molecule has 4 heterocycles. The Balaban J connectivity index is 1.41. The minimum atomic E-state index is -0.454. The maximum absolute atomic E-state index is 12.9. The largest absolute Gasteiger partial charge is 0.369 e. The van der Waals surface area contributed by atoms with Gasteiger partial charge in [0.2, 0.25) is 11.8 Å². The van der Waals surface area contributed by atoms with Crippen molar-refractivity contribution in [3.63, 3.8) is 0 Å². The van der Waals surface area contributed by atoms with Crippen molar-refractivity contribution >= 4 is 23.2 Å². The van der Waals surface area contributed by atoms with Crippen LogP contribution >= 0.6 is 11.3 Å². The van der Waals surface area contributed by atoms with E-state index in [-0.39, 0.29) is 17.4 Å². The number of amides is 2. The van der Waals surface area contributed by atoms with Crippen molar-refractivity contribution in [1.82, 2.24) is 9.80 Å². The van der Waals surface area contributed by atoms with Gasteiger partial charge in [-0.05, 0) is 49.3 Å². The van der Waals surface area contributed by atoms with Gasteiger partial charge in [-0.1, -0.05) is 6.58 Å². The van der Waals surface area contributed by atoms with Crippen LogP contribution in [0.5, 0.6) is 0 Å². The quantitative estimate of drug-likeness (QED) is 0.760. The molecule has 2 amide bonds. The molecule has 6 heteroatoms. The minimum Gasteiger partial charge on any atom is -0.369 e. The Morgan fingerprint density at radius 1 is 1.28 bits per heavy atom. The zero-order valence-electron chi connectivity index (χ0n) is 14.6. The number of hydrogen-bond acceptors (Lipinski definition) is 4. The van der Waals surface area contributed by atoms with Crippen molar-refractivity contribution in [2.24, 2.45) is 5.41 Å². The van der Waals surface area contributed by atoms with E-state index < -0.39 is 5.41 Å². The standard InChI is InChI=1S/C19H24N2O3S/c1-3-15(22)21-12-18(2,13-21)17(23)20-8-6-19(7-9-20)16-14(4-10-24-19)5-11-25-16/h3,5,11H,1,4,6-10,12-13H2,2H3. The molecular formula is C19H24N2O3S. The highest BCUT2D eigenvalue weighted by Crippen LogP contribution is 2.45. The summed E-state index contributed by atoms with van der Waals surface area (Å²) < 4.78 is 6.22. The van der Waals surface area contributed by atoms with Crippen molar-refractivity contribution in [2.75, 3.05) is 32.8 Å². The number of nitrogens with zero attached hydrogens (tertiary/aromatic N) is 2. The molecule has 2 fully saturated rings. The molecule has 0 bridgehead atoms. The first kappa shape index (κ1) is 16.8. The number of likely N-dealkylation sites (tertiary alicyclic amines) is 2. The molecule has 0 radical (unpaired) electrons. The number of fused-ring (bicyclic) bond motifs is 2. The van der Waals surface area contributed by atoms with E-state index in [4.69, 9.17) is 4.74 Å². The highest BCUT2D eigenvalue weighted by Gasteiger charge is 2.50. The number of rotatable bonds is 2. The van der Waals surface area contributed by atoms with Gasteiger partial charge < -0.3 is 14.5 Å². The molecule has 4 rings (SSSR count). The van der Waals surface area contributed by atoms with Gasteiger partial charge in [-0.15, -0.1) is 11.3 Å². The molecule has 0 aromatic carbocycles. The Hall–Kier alpha value is -1.66. The van der Waals surface area contributed by atoms with Gasteiger partial charge in [-0.25, -0.2) is 0 Å². The van der Waals surface area contributed by atoms with Crippen LogP contribution in [0.4, 0.5) is 0 Å². The van der Waals surface area contributed by atoms with Gasteiger partial charge in [0, 0.05) is 31.1 Å². The van der Waals surface area contributed by atoms with E-state index in [1.807, 2.05) is 11.8 Å². The summed E-state index contributed by atoms with van der Waals surface area (Å²) in [7, 11) is 0. The lowest BCUT2D eigenvalue weighted by molar-refractivity contribution is -0.162. The Morgan fingerprint density at radius 2 is 2.00 bits per heavy atom. The van der Waals surface area contributed by atoms with Crippen molar-refractivity contribution < 1.29 is 14.3 Å². The average Bonchev–Trinajstić information content (AvgIpc) is 3.09. The maximum Gasteiger partial charge on any atom is 0.246 e. The Bertz CT molecular complexity index is 712. The van der Waals surface area contributed by atoms with Crippen LogP contribution in [-0.4, -0.2) is 54.4 Å². The van der Waals surface area contributed by atoms with E-state index in [0.29, 0.717) is 13.1 Å². The fraction of sp³-hybridized carbons (Fsp3) is 0.579. The molecule has 2 saturated heterocycles. The normalized spacial score (nSPS) is 23.7. The summed E-state index contributed by atoms with van der Waals surface area (Å²) in [6.45, 7) is 8.67. The third-order valence-corrected chi connectivity index (χ3v) is 6.99. The first-order valence-electron chi connectivity index (χ1n) is 8.89.